The lowest BCUT2D eigenvalue weighted by molar-refractivity contribution is -0.0778. The topological polar surface area (TPSA) is 131 Å². The molecule has 0 saturated carbocycles. The maximum atomic E-state index is 11.9. The lowest BCUT2D eigenvalue weighted by atomic mass is 9.90. The molecule has 0 spiro atoms. The third-order valence-corrected chi connectivity index (χ3v) is 3.42. The summed E-state index contributed by atoms with van der Waals surface area (Å²) in [4.78, 5) is 25.1. The predicted octanol–water partition coefficient (Wildman–Crippen LogP) is -2.10. The third-order valence-electron chi connectivity index (χ3n) is 3.42. The van der Waals surface area contributed by atoms with Crippen LogP contribution in [0.25, 0.3) is 0 Å². The number of H-pyrrole nitrogens is 1. The molecule has 0 aromatic carbocycles. The molecule has 0 radical (unpaired) electrons. The van der Waals surface area contributed by atoms with E-state index in [1.54, 1.807) is 0 Å². The van der Waals surface area contributed by atoms with E-state index >= 15 is 0 Å². The second kappa shape index (κ2) is 5.46. The van der Waals surface area contributed by atoms with Crippen LogP contribution in [0.15, 0.2) is 21.9 Å². The molecule has 1 aromatic rings. The summed E-state index contributed by atoms with van der Waals surface area (Å²) in [6, 6.07) is 1.13. The molecular weight excluding hydrogens is 278 g/mol. The van der Waals surface area contributed by atoms with Gasteiger partial charge in [-0.05, 0) is 13.8 Å². The number of aliphatic hydroxyl groups excluding tert-OH is 2. The Hall–Kier alpha value is -1.92. The van der Waals surface area contributed by atoms with Gasteiger partial charge >= 0.3 is 5.69 Å². The van der Waals surface area contributed by atoms with Crippen LogP contribution in [-0.4, -0.2) is 43.6 Å². The average Bonchev–Trinajstić information content (AvgIpc) is 2.64. The molecule has 5 atom stereocenters. The van der Waals surface area contributed by atoms with Crippen LogP contribution < -0.4 is 17.0 Å². The van der Waals surface area contributed by atoms with E-state index in [0.717, 1.165) is 10.6 Å². The summed E-state index contributed by atoms with van der Waals surface area (Å²) in [5.74, 6) is 5.22. The Morgan fingerprint density at radius 1 is 1.57 bits per heavy atom. The largest absolute Gasteiger partial charge is 0.391 e. The van der Waals surface area contributed by atoms with Crippen molar-refractivity contribution in [2.45, 2.75) is 43.9 Å². The van der Waals surface area contributed by atoms with Crippen LogP contribution in [-0.2, 0) is 4.74 Å². The van der Waals surface area contributed by atoms with Crippen LogP contribution in [0.4, 0.5) is 0 Å². The molecule has 2 rings (SSSR count). The average molecular weight is 295 g/mol. The number of nitrogens with one attached hydrogen (secondary N) is 1. The van der Waals surface area contributed by atoms with Crippen LogP contribution >= 0.6 is 0 Å². The summed E-state index contributed by atoms with van der Waals surface area (Å²) in [6.45, 7) is 2.97. The standard InChI is InChI=1S/C13H17N3O5/c1-3-5-13(14)10(19)9(7(2)17)21-11(13)16-6-4-8(18)15-12(16)20/h4,6-7,9-11,17,19H,14H2,1-2H3,(H,15,18,20)/t7-,9-,10?,11-,13-/m1/s1. The van der Waals surface area contributed by atoms with Gasteiger partial charge in [-0.1, -0.05) is 5.92 Å². The van der Waals surface area contributed by atoms with Crippen LogP contribution in [0.5, 0.6) is 0 Å². The van der Waals surface area contributed by atoms with Gasteiger partial charge in [-0.25, -0.2) is 4.79 Å². The molecule has 0 amide bonds. The maximum Gasteiger partial charge on any atom is 0.330 e. The molecular formula is C13H17N3O5. The van der Waals surface area contributed by atoms with Crippen molar-refractivity contribution in [1.29, 1.82) is 0 Å². The van der Waals surface area contributed by atoms with Gasteiger partial charge < -0.3 is 20.7 Å². The Morgan fingerprint density at radius 3 is 2.76 bits per heavy atom. The van der Waals surface area contributed by atoms with Crippen LogP contribution in [0.3, 0.4) is 0 Å². The fourth-order valence-electron chi connectivity index (χ4n) is 2.39. The van der Waals surface area contributed by atoms with Gasteiger partial charge in [0.25, 0.3) is 5.56 Å². The van der Waals surface area contributed by atoms with Gasteiger partial charge in [-0.15, -0.1) is 5.92 Å². The molecule has 0 aliphatic carbocycles. The minimum atomic E-state index is -1.58. The van der Waals surface area contributed by atoms with Crippen molar-refractivity contribution in [3.05, 3.63) is 33.1 Å². The van der Waals surface area contributed by atoms with E-state index in [0.29, 0.717) is 0 Å². The molecule has 0 bridgehead atoms. The maximum absolute atomic E-state index is 11.9. The summed E-state index contributed by atoms with van der Waals surface area (Å²) in [6.07, 6.45) is -3.23. The number of nitrogens with zero attached hydrogens (tertiary/aromatic N) is 1. The van der Waals surface area contributed by atoms with Crippen LogP contribution in [0, 0.1) is 11.8 Å². The fraction of sp³-hybridized carbons (Fsp3) is 0.538. The molecule has 1 fully saturated rings. The zero-order chi connectivity index (χ0) is 15.8. The SMILES string of the molecule is CC#C[C@@]1(N)C(O)[C@@H]([C@@H](C)O)O[C@H]1n1ccc(=O)[nH]c1=O. The fourth-order valence-corrected chi connectivity index (χ4v) is 2.39. The quantitative estimate of drug-likeness (QED) is 0.462. The summed E-state index contributed by atoms with van der Waals surface area (Å²) in [5.41, 5.74) is 3.23. The summed E-state index contributed by atoms with van der Waals surface area (Å²) in [7, 11) is 0. The Balaban J connectivity index is 2.56. The zero-order valence-corrected chi connectivity index (χ0v) is 11.6. The van der Waals surface area contributed by atoms with E-state index in [1.165, 1.54) is 20.0 Å². The first-order valence-electron chi connectivity index (χ1n) is 6.37. The predicted molar refractivity (Wildman–Crippen MR) is 73.3 cm³/mol. The van der Waals surface area contributed by atoms with E-state index < -0.39 is 41.3 Å². The van der Waals surface area contributed by atoms with Crippen LogP contribution in [0.2, 0.25) is 0 Å². The van der Waals surface area contributed by atoms with Gasteiger partial charge in [0.1, 0.15) is 12.2 Å². The van der Waals surface area contributed by atoms with Crippen molar-refractivity contribution in [3.8, 4) is 11.8 Å². The summed E-state index contributed by atoms with van der Waals surface area (Å²) >= 11 is 0. The minimum absolute atomic E-state index is 0.564. The number of aliphatic hydroxyl groups is 2. The molecule has 1 aromatic heterocycles. The Morgan fingerprint density at radius 2 is 2.24 bits per heavy atom. The van der Waals surface area contributed by atoms with Crippen LogP contribution in [0.1, 0.15) is 20.1 Å². The number of rotatable bonds is 2. The number of aromatic amines is 1. The highest BCUT2D eigenvalue weighted by molar-refractivity contribution is 5.25. The monoisotopic (exact) mass is 295 g/mol. The molecule has 8 nitrogen and oxygen atoms in total. The van der Waals surface area contributed by atoms with Crippen molar-refractivity contribution in [2.75, 3.05) is 0 Å². The van der Waals surface area contributed by atoms with Gasteiger partial charge in [0, 0.05) is 12.3 Å². The lowest BCUT2D eigenvalue weighted by Gasteiger charge is -2.27. The second-order valence-electron chi connectivity index (χ2n) is 4.96. The highest BCUT2D eigenvalue weighted by atomic mass is 16.5. The van der Waals surface area contributed by atoms with Crippen molar-refractivity contribution >= 4 is 0 Å². The Bertz CT molecular complexity index is 698. The minimum Gasteiger partial charge on any atom is -0.391 e. The lowest BCUT2D eigenvalue weighted by Crippen LogP contribution is -2.55. The highest BCUT2D eigenvalue weighted by Crippen LogP contribution is 2.36. The van der Waals surface area contributed by atoms with Gasteiger partial charge in [0.15, 0.2) is 11.8 Å². The first-order valence-corrected chi connectivity index (χ1v) is 6.37. The van der Waals surface area contributed by atoms with Crippen molar-refractivity contribution in [3.63, 3.8) is 0 Å². The molecule has 1 unspecified atom stereocenters. The van der Waals surface area contributed by atoms with Gasteiger partial charge in [-0.3, -0.25) is 14.3 Å². The van der Waals surface area contributed by atoms with E-state index in [4.69, 9.17) is 10.5 Å². The van der Waals surface area contributed by atoms with Gasteiger partial charge in [0.05, 0.1) is 6.10 Å². The third kappa shape index (κ3) is 2.52. The molecule has 8 heteroatoms. The normalized spacial score (nSPS) is 33.3. The Kier molecular flexibility index (Phi) is 4.02. The number of hydrogen-bond acceptors (Lipinski definition) is 6. The van der Waals surface area contributed by atoms with Gasteiger partial charge in [-0.2, -0.15) is 0 Å². The molecule has 1 aliphatic rings. The number of nitrogens with two attached hydrogens (primary N) is 1. The number of hydrogen-bond donors (Lipinski definition) is 4. The molecule has 1 saturated heterocycles. The first-order chi connectivity index (χ1) is 9.81. The van der Waals surface area contributed by atoms with Crippen molar-refractivity contribution in [2.24, 2.45) is 5.73 Å². The summed E-state index contributed by atoms with van der Waals surface area (Å²) in [5, 5.41) is 20.0. The molecule has 114 valence electrons. The van der Waals surface area contributed by atoms with E-state index in [-0.39, 0.29) is 0 Å². The molecule has 21 heavy (non-hydrogen) atoms. The van der Waals surface area contributed by atoms with Gasteiger partial charge in [0.2, 0.25) is 0 Å². The molecule has 5 N–H and O–H groups in total. The Labute approximate surface area is 120 Å². The summed E-state index contributed by atoms with van der Waals surface area (Å²) < 4.78 is 6.56. The molecule has 1 aliphatic heterocycles. The van der Waals surface area contributed by atoms with E-state index in [1.807, 2.05) is 0 Å². The number of ether oxygens (including phenoxy) is 1. The van der Waals surface area contributed by atoms with E-state index in [9.17, 15) is 19.8 Å². The second-order valence-corrected chi connectivity index (χ2v) is 4.96. The van der Waals surface area contributed by atoms with Crippen molar-refractivity contribution in [1.82, 2.24) is 9.55 Å². The smallest absolute Gasteiger partial charge is 0.330 e. The number of aromatic nitrogens is 2. The van der Waals surface area contributed by atoms with Crippen molar-refractivity contribution < 1.29 is 14.9 Å². The first kappa shape index (κ1) is 15.5. The molecule has 2 heterocycles. The zero-order valence-electron chi connectivity index (χ0n) is 11.6. The van der Waals surface area contributed by atoms with E-state index in [2.05, 4.69) is 16.8 Å². The highest BCUT2D eigenvalue weighted by Gasteiger charge is 2.55.